The van der Waals surface area contributed by atoms with Crippen LogP contribution in [0.15, 0.2) is 24.4 Å². The molecule has 1 saturated carbocycles. The average Bonchev–Trinajstić information content (AvgIpc) is 3.16. The van der Waals surface area contributed by atoms with Crippen molar-refractivity contribution in [2.75, 3.05) is 18.4 Å². The van der Waals surface area contributed by atoms with Crippen LogP contribution in [-0.4, -0.2) is 49.7 Å². The summed E-state index contributed by atoms with van der Waals surface area (Å²) in [5.74, 6) is -1.08. The average molecular weight is 447 g/mol. The van der Waals surface area contributed by atoms with E-state index in [0.29, 0.717) is 22.7 Å². The molecule has 0 radical (unpaired) electrons. The van der Waals surface area contributed by atoms with Crippen LogP contribution in [0.25, 0.3) is 17.0 Å². The van der Waals surface area contributed by atoms with E-state index in [1.54, 1.807) is 0 Å². The molecule has 2 aliphatic rings. The Morgan fingerprint density at radius 3 is 2.39 bits per heavy atom. The molecule has 2 fully saturated rings. The maximum atomic E-state index is 14.4. The number of fused-ring (bicyclic) bond motifs is 1. The van der Waals surface area contributed by atoms with E-state index >= 15 is 0 Å². The van der Waals surface area contributed by atoms with Gasteiger partial charge < -0.3 is 10.2 Å². The summed E-state index contributed by atoms with van der Waals surface area (Å²) in [6.07, 6.45) is 9.66. The van der Waals surface area contributed by atoms with Crippen molar-refractivity contribution in [2.45, 2.75) is 57.0 Å². The lowest BCUT2D eigenvalue weighted by molar-refractivity contribution is 0.127. The summed E-state index contributed by atoms with van der Waals surface area (Å²) in [4.78, 5) is 11.4. The van der Waals surface area contributed by atoms with E-state index in [2.05, 4.69) is 25.3 Å². The highest BCUT2D eigenvalue weighted by Gasteiger charge is 2.28. The van der Waals surface area contributed by atoms with E-state index in [4.69, 9.17) is 11.6 Å². The summed E-state index contributed by atoms with van der Waals surface area (Å²) in [6, 6.07) is 4.56. The van der Waals surface area contributed by atoms with Gasteiger partial charge >= 0.3 is 0 Å². The van der Waals surface area contributed by atoms with Gasteiger partial charge in [-0.2, -0.15) is 14.6 Å². The van der Waals surface area contributed by atoms with Gasteiger partial charge in [-0.3, -0.25) is 0 Å². The molecule has 1 N–H and O–H groups in total. The number of hydrogen-bond acceptors (Lipinski definition) is 5. The molecule has 3 aromatic rings. The zero-order chi connectivity index (χ0) is 21.4. The quantitative estimate of drug-likeness (QED) is 0.615. The van der Waals surface area contributed by atoms with Crippen molar-refractivity contribution < 1.29 is 8.78 Å². The van der Waals surface area contributed by atoms with Crippen LogP contribution in [0.5, 0.6) is 0 Å². The number of likely N-dealkylation sites (tertiary alicyclic amines) is 1. The number of halogens is 3. The Hall–Kier alpha value is -2.32. The number of benzene rings is 1. The zero-order valence-corrected chi connectivity index (χ0v) is 18.0. The number of rotatable bonds is 4. The predicted molar refractivity (Wildman–Crippen MR) is 116 cm³/mol. The first kappa shape index (κ1) is 20.6. The fraction of sp³-hybridized carbons (Fsp3) is 0.500. The third-order valence-corrected chi connectivity index (χ3v) is 6.71. The Bertz CT molecular complexity index is 1050. The smallest absolute Gasteiger partial charge is 0.228 e. The molecule has 1 saturated heterocycles. The van der Waals surface area contributed by atoms with Gasteiger partial charge in [-0.25, -0.2) is 13.8 Å². The number of nitrogens with one attached hydrogen (secondary N) is 1. The van der Waals surface area contributed by atoms with Crippen molar-refractivity contribution >= 4 is 23.2 Å². The largest absolute Gasteiger partial charge is 0.351 e. The molecule has 164 valence electrons. The second-order valence-corrected chi connectivity index (χ2v) is 8.85. The van der Waals surface area contributed by atoms with Gasteiger partial charge in [0.2, 0.25) is 5.95 Å². The Morgan fingerprint density at radius 2 is 1.68 bits per heavy atom. The number of piperidine rings is 1. The van der Waals surface area contributed by atoms with Gasteiger partial charge in [-0.15, -0.1) is 0 Å². The van der Waals surface area contributed by atoms with Crippen LogP contribution in [-0.2, 0) is 0 Å². The minimum Gasteiger partial charge on any atom is -0.351 e. The zero-order valence-electron chi connectivity index (χ0n) is 17.2. The highest BCUT2D eigenvalue weighted by atomic mass is 35.5. The second-order valence-electron chi connectivity index (χ2n) is 8.44. The van der Waals surface area contributed by atoms with Gasteiger partial charge in [-0.1, -0.05) is 24.1 Å². The van der Waals surface area contributed by atoms with Gasteiger partial charge in [0.1, 0.15) is 16.7 Å². The Kier molecular flexibility index (Phi) is 5.75. The molecule has 0 atom stereocenters. The molecule has 1 aliphatic carbocycles. The SMILES string of the molecule is Fc1cccc(F)c1-c1nc(NC2CCC(N3CCCCC3)CC2)n2ncc(Cl)c2n1. The van der Waals surface area contributed by atoms with Crippen molar-refractivity contribution in [2.24, 2.45) is 0 Å². The lowest BCUT2D eigenvalue weighted by atomic mass is 9.89. The molecule has 1 aliphatic heterocycles. The first-order valence-corrected chi connectivity index (χ1v) is 11.3. The van der Waals surface area contributed by atoms with Crippen molar-refractivity contribution in [1.29, 1.82) is 0 Å². The molecule has 0 spiro atoms. The molecular formula is C22H25ClF2N6. The monoisotopic (exact) mass is 446 g/mol. The normalized spacial score (nSPS) is 22.7. The van der Waals surface area contributed by atoms with Crippen molar-refractivity contribution in [3.05, 3.63) is 41.1 Å². The number of hydrogen-bond donors (Lipinski definition) is 1. The Balaban J connectivity index is 1.40. The fourth-order valence-electron chi connectivity index (χ4n) is 4.82. The third-order valence-electron chi connectivity index (χ3n) is 6.45. The fourth-order valence-corrected chi connectivity index (χ4v) is 4.98. The van der Waals surface area contributed by atoms with E-state index in [1.807, 2.05) is 0 Å². The van der Waals surface area contributed by atoms with Gasteiger partial charge in [0.25, 0.3) is 0 Å². The van der Waals surface area contributed by atoms with Gasteiger partial charge in [0.05, 0.1) is 11.8 Å². The molecule has 6 nitrogen and oxygen atoms in total. The molecule has 9 heteroatoms. The molecule has 0 amide bonds. The molecule has 0 unspecified atom stereocenters. The van der Waals surface area contributed by atoms with Crippen LogP contribution in [0.4, 0.5) is 14.7 Å². The molecule has 5 rings (SSSR count). The highest BCUT2D eigenvalue weighted by molar-refractivity contribution is 6.33. The van der Waals surface area contributed by atoms with Gasteiger partial charge in [0, 0.05) is 12.1 Å². The molecule has 0 bridgehead atoms. The molecule has 31 heavy (non-hydrogen) atoms. The lowest BCUT2D eigenvalue weighted by Crippen LogP contribution is -2.43. The standard InChI is InChI=1S/C22H25ClF2N6/c23-16-13-26-31-21(16)28-20(19-17(24)5-4-6-18(19)25)29-22(31)27-14-7-9-15(10-8-14)30-11-2-1-3-12-30/h4-6,13-15H,1-3,7-12H2,(H,27,28,29). The predicted octanol–water partition coefficient (Wildman–Crippen LogP) is 4.93. The summed E-state index contributed by atoms with van der Waals surface area (Å²) < 4.78 is 30.2. The minimum atomic E-state index is -0.715. The molecule has 2 aromatic heterocycles. The third kappa shape index (κ3) is 4.11. The van der Waals surface area contributed by atoms with Gasteiger partial charge in [-0.05, 0) is 63.7 Å². The van der Waals surface area contributed by atoms with Gasteiger partial charge in [0.15, 0.2) is 11.5 Å². The van der Waals surface area contributed by atoms with Crippen LogP contribution < -0.4 is 5.32 Å². The summed E-state index contributed by atoms with van der Waals surface area (Å²) in [5, 5.41) is 7.99. The highest BCUT2D eigenvalue weighted by Crippen LogP contribution is 2.30. The van der Waals surface area contributed by atoms with E-state index in [0.717, 1.165) is 25.7 Å². The first-order chi connectivity index (χ1) is 15.1. The maximum Gasteiger partial charge on any atom is 0.228 e. The topological polar surface area (TPSA) is 58.4 Å². The number of anilines is 1. The molecule has 1 aromatic carbocycles. The second kappa shape index (κ2) is 8.67. The van der Waals surface area contributed by atoms with Crippen molar-refractivity contribution in [3.8, 4) is 11.4 Å². The van der Waals surface area contributed by atoms with Crippen molar-refractivity contribution in [1.82, 2.24) is 24.5 Å². The molecule has 3 heterocycles. The van der Waals surface area contributed by atoms with Crippen LogP contribution in [0.3, 0.4) is 0 Å². The van der Waals surface area contributed by atoms with Crippen LogP contribution in [0.2, 0.25) is 5.02 Å². The first-order valence-electron chi connectivity index (χ1n) is 11.0. The number of nitrogens with zero attached hydrogens (tertiary/aromatic N) is 5. The Morgan fingerprint density at radius 1 is 0.968 bits per heavy atom. The maximum absolute atomic E-state index is 14.4. The van der Waals surface area contributed by atoms with E-state index in [1.165, 1.54) is 61.3 Å². The van der Waals surface area contributed by atoms with Crippen LogP contribution in [0, 0.1) is 11.6 Å². The minimum absolute atomic E-state index is 0.0463. The van der Waals surface area contributed by atoms with Crippen molar-refractivity contribution in [3.63, 3.8) is 0 Å². The van der Waals surface area contributed by atoms with E-state index < -0.39 is 11.6 Å². The van der Waals surface area contributed by atoms with Crippen LogP contribution in [0.1, 0.15) is 44.9 Å². The van der Waals surface area contributed by atoms with Crippen LogP contribution >= 0.6 is 11.6 Å². The lowest BCUT2D eigenvalue weighted by Gasteiger charge is -2.39. The summed E-state index contributed by atoms with van der Waals surface area (Å²) in [5.41, 5.74) is 0.0537. The van der Waals surface area contributed by atoms with E-state index in [-0.39, 0.29) is 17.4 Å². The molecular weight excluding hydrogens is 422 g/mol. The Labute approximate surface area is 184 Å². The summed E-state index contributed by atoms with van der Waals surface area (Å²) >= 11 is 6.24. The summed E-state index contributed by atoms with van der Waals surface area (Å²) in [6.45, 7) is 2.41. The number of aromatic nitrogens is 4. The van der Waals surface area contributed by atoms with E-state index in [9.17, 15) is 8.78 Å². The summed E-state index contributed by atoms with van der Waals surface area (Å²) in [7, 11) is 0.